The molecule has 0 saturated heterocycles. The van der Waals surface area contributed by atoms with E-state index >= 15 is 0 Å². The summed E-state index contributed by atoms with van der Waals surface area (Å²) in [5, 5.41) is 9.50. The third-order valence-electron chi connectivity index (χ3n) is 5.44. The van der Waals surface area contributed by atoms with E-state index in [0.29, 0.717) is 11.5 Å². The van der Waals surface area contributed by atoms with Gasteiger partial charge in [0.05, 0.1) is 12.9 Å². The highest BCUT2D eigenvalue weighted by molar-refractivity contribution is 7.99. The van der Waals surface area contributed by atoms with Crippen molar-refractivity contribution in [1.29, 1.82) is 0 Å². The molecule has 1 aliphatic rings. The Labute approximate surface area is 192 Å². The van der Waals surface area contributed by atoms with E-state index in [-0.39, 0.29) is 18.1 Å². The van der Waals surface area contributed by atoms with Gasteiger partial charge in [0.15, 0.2) is 17.1 Å². The van der Waals surface area contributed by atoms with Gasteiger partial charge < -0.3 is 18.9 Å². The van der Waals surface area contributed by atoms with Gasteiger partial charge in [0, 0.05) is 24.3 Å². The number of carbonyl (C=O) groups is 1. The summed E-state index contributed by atoms with van der Waals surface area (Å²) >= 11 is 1.42. The van der Waals surface area contributed by atoms with Gasteiger partial charge >= 0.3 is 0 Å². The molecule has 0 N–H and O–H groups in total. The first-order valence-electron chi connectivity index (χ1n) is 10.7. The fraction of sp³-hybridized carbons (Fsp3) is 0.375. The summed E-state index contributed by atoms with van der Waals surface area (Å²) in [7, 11) is 1.63. The summed E-state index contributed by atoms with van der Waals surface area (Å²) in [6.07, 6.45) is 0.588. The van der Waals surface area contributed by atoms with E-state index in [4.69, 9.17) is 9.47 Å². The van der Waals surface area contributed by atoms with Crippen molar-refractivity contribution in [3.8, 4) is 11.5 Å². The van der Waals surface area contributed by atoms with E-state index in [9.17, 15) is 4.79 Å². The van der Waals surface area contributed by atoms with Gasteiger partial charge in [-0.15, -0.1) is 10.2 Å². The molecule has 2 heterocycles. The topological polar surface area (TPSA) is 69.5 Å². The Morgan fingerprint density at radius 1 is 1.09 bits per heavy atom. The number of para-hydroxylation sites is 1. The Morgan fingerprint density at radius 3 is 2.66 bits per heavy atom. The first-order valence-corrected chi connectivity index (χ1v) is 11.7. The Morgan fingerprint density at radius 2 is 1.88 bits per heavy atom. The minimum absolute atomic E-state index is 0.0838. The maximum Gasteiger partial charge on any atom is 0.237 e. The molecule has 1 aliphatic heterocycles. The number of carbonyl (C=O) groups excluding carboxylic acids is 1. The highest BCUT2D eigenvalue weighted by Crippen LogP contribution is 2.31. The first kappa shape index (κ1) is 22.2. The number of ether oxygens (including phenoxy) is 2. The van der Waals surface area contributed by atoms with Crippen LogP contribution in [0.4, 0.5) is 5.69 Å². The number of rotatable bonds is 8. The molecule has 32 heavy (non-hydrogen) atoms. The Balaban J connectivity index is 1.46. The number of aromatic nitrogens is 3. The first-order chi connectivity index (χ1) is 15.5. The third-order valence-corrected chi connectivity index (χ3v) is 6.37. The smallest absolute Gasteiger partial charge is 0.237 e. The average molecular weight is 453 g/mol. The van der Waals surface area contributed by atoms with Gasteiger partial charge in [-0.3, -0.25) is 4.79 Å². The van der Waals surface area contributed by atoms with Crippen molar-refractivity contribution in [2.45, 2.75) is 44.5 Å². The number of hydrogen-bond acceptors (Lipinski definition) is 6. The van der Waals surface area contributed by atoms with E-state index in [1.807, 2.05) is 58.9 Å². The van der Waals surface area contributed by atoms with Crippen molar-refractivity contribution in [2.75, 3.05) is 24.3 Å². The van der Waals surface area contributed by atoms with Crippen molar-refractivity contribution in [2.24, 2.45) is 0 Å². The van der Waals surface area contributed by atoms with Gasteiger partial charge in [-0.05, 0) is 51.0 Å². The molecule has 0 fully saturated rings. The molecular formula is C24H28N4O3S. The summed E-state index contributed by atoms with van der Waals surface area (Å²) in [5.41, 5.74) is 2.24. The standard InChI is InChI=1S/C24H28N4O3S/c1-16(2)28-23(17(3)31-20-10-7-9-19(14-20)30-4)25-26-24(28)32-15-22(29)27-13-12-18-8-5-6-11-21(18)27/h5-11,14,16-17H,12-13,15H2,1-4H3. The third kappa shape index (κ3) is 4.60. The molecule has 1 aromatic heterocycles. The molecular weight excluding hydrogens is 424 g/mol. The van der Waals surface area contributed by atoms with Crippen LogP contribution in [0.3, 0.4) is 0 Å². The number of methoxy groups -OCH3 is 1. The van der Waals surface area contributed by atoms with Gasteiger partial charge in [0.2, 0.25) is 5.91 Å². The molecule has 0 spiro atoms. The predicted molar refractivity (Wildman–Crippen MR) is 126 cm³/mol. The number of benzene rings is 2. The van der Waals surface area contributed by atoms with Gasteiger partial charge in [-0.1, -0.05) is 36.0 Å². The zero-order chi connectivity index (χ0) is 22.7. The zero-order valence-electron chi connectivity index (χ0n) is 18.8. The molecule has 168 valence electrons. The van der Waals surface area contributed by atoms with Crippen LogP contribution >= 0.6 is 11.8 Å². The molecule has 1 unspecified atom stereocenters. The fourth-order valence-electron chi connectivity index (χ4n) is 3.88. The van der Waals surface area contributed by atoms with E-state index in [1.54, 1.807) is 7.11 Å². The number of anilines is 1. The normalized spacial score (nSPS) is 13.8. The van der Waals surface area contributed by atoms with Gasteiger partial charge in [-0.25, -0.2) is 0 Å². The van der Waals surface area contributed by atoms with Crippen LogP contribution < -0.4 is 14.4 Å². The van der Waals surface area contributed by atoms with Gasteiger partial charge in [0.25, 0.3) is 0 Å². The van der Waals surface area contributed by atoms with Crippen LogP contribution in [0.25, 0.3) is 0 Å². The number of thioether (sulfide) groups is 1. The molecule has 0 radical (unpaired) electrons. The monoisotopic (exact) mass is 452 g/mol. The second-order valence-corrected chi connectivity index (χ2v) is 8.90. The fourth-order valence-corrected chi connectivity index (χ4v) is 4.83. The molecule has 7 nitrogen and oxygen atoms in total. The van der Waals surface area contributed by atoms with Crippen molar-refractivity contribution >= 4 is 23.4 Å². The van der Waals surface area contributed by atoms with Crippen LogP contribution in [-0.4, -0.2) is 40.1 Å². The molecule has 0 bridgehead atoms. The van der Waals surface area contributed by atoms with E-state index in [2.05, 4.69) is 30.1 Å². The molecule has 3 aromatic rings. The molecule has 2 aromatic carbocycles. The maximum atomic E-state index is 12.9. The molecule has 8 heteroatoms. The van der Waals surface area contributed by atoms with E-state index in [0.717, 1.165) is 35.4 Å². The van der Waals surface area contributed by atoms with Crippen LogP contribution in [0.2, 0.25) is 0 Å². The second kappa shape index (κ2) is 9.65. The molecule has 0 aliphatic carbocycles. The Hall–Kier alpha value is -3.00. The quantitative estimate of drug-likeness (QED) is 0.462. The van der Waals surface area contributed by atoms with Crippen LogP contribution in [0, 0.1) is 0 Å². The van der Waals surface area contributed by atoms with Crippen LogP contribution in [-0.2, 0) is 11.2 Å². The lowest BCUT2D eigenvalue weighted by atomic mass is 10.2. The molecule has 0 saturated carbocycles. The van der Waals surface area contributed by atoms with Crippen LogP contribution in [0.1, 0.15) is 44.3 Å². The highest BCUT2D eigenvalue weighted by atomic mass is 32.2. The lowest BCUT2D eigenvalue weighted by Crippen LogP contribution is -2.30. The van der Waals surface area contributed by atoms with Gasteiger partial charge in [-0.2, -0.15) is 0 Å². The predicted octanol–water partition coefficient (Wildman–Crippen LogP) is 4.69. The molecule has 4 rings (SSSR count). The van der Waals surface area contributed by atoms with E-state index in [1.165, 1.54) is 17.3 Å². The summed E-state index contributed by atoms with van der Waals surface area (Å²) in [5.74, 6) is 2.56. The Bertz CT molecular complexity index is 1100. The minimum Gasteiger partial charge on any atom is -0.497 e. The highest BCUT2D eigenvalue weighted by Gasteiger charge is 2.26. The molecule has 1 atom stereocenters. The van der Waals surface area contributed by atoms with Crippen molar-refractivity contribution < 1.29 is 14.3 Å². The summed E-state index contributed by atoms with van der Waals surface area (Å²) in [6.45, 7) is 6.83. The minimum atomic E-state index is -0.312. The zero-order valence-corrected chi connectivity index (χ0v) is 19.6. The van der Waals surface area contributed by atoms with Crippen molar-refractivity contribution in [1.82, 2.24) is 14.8 Å². The van der Waals surface area contributed by atoms with Crippen LogP contribution in [0.15, 0.2) is 53.7 Å². The van der Waals surface area contributed by atoms with E-state index < -0.39 is 0 Å². The Kier molecular flexibility index (Phi) is 6.69. The number of fused-ring (bicyclic) bond motifs is 1. The summed E-state index contributed by atoms with van der Waals surface area (Å²) in [4.78, 5) is 14.8. The SMILES string of the molecule is COc1cccc(OC(C)c2nnc(SCC(=O)N3CCc4ccccc43)n2C(C)C)c1. The van der Waals surface area contributed by atoms with Crippen LogP contribution in [0.5, 0.6) is 11.5 Å². The number of amides is 1. The summed E-state index contributed by atoms with van der Waals surface area (Å²) in [6, 6.07) is 15.7. The van der Waals surface area contributed by atoms with Crippen molar-refractivity contribution in [3.63, 3.8) is 0 Å². The largest absolute Gasteiger partial charge is 0.497 e. The van der Waals surface area contributed by atoms with Crippen molar-refractivity contribution in [3.05, 3.63) is 59.9 Å². The molecule has 1 amide bonds. The number of hydrogen-bond donors (Lipinski definition) is 0. The number of nitrogens with zero attached hydrogens (tertiary/aromatic N) is 4. The second-order valence-electron chi connectivity index (χ2n) is 7.96. The maximum absolute atomic E-state index is 12.9. The lowest BCUT2D eigenvalue weighted by molar-refractivity contribution is -0.116. The average Bonchev–Trinajstić information content (AvgIpc) is 3.42. The summed E-state index contributed by atoms with van der Waals surface area (Å²) < 4.78 is 13.4. The van der Waals surface area contributed by atoms with Gasteiger partial charge in [0.1, 0.15) is 11.5 Å². The lowest BCUT2D eigenvalue weighted by Gasteiger charge is -2.20.